The van der Waals surface area contributed by atoms with Crippen LogP contribution >= 0.6 is 0 Å². The number of aryl methyl sites for hydroxylation is 1. The maximum atomic E-state index is 5.57. The van der Waals surface area contributed by atoms with Crippen LogP contribution in [0.4, 0.5) is 5.82 Å². The number of ether oxygens (including phenoxy) is 1. The average molecular weight is 208 g/mol. The van der Waals surface area contributed by atoms with E-state index in [-0.39, 0.29) is 0 Å². The first-order valence-electron chi connectivity index (χ1n) is 5.29. The van der Waals surface area contributed by atoms with Crippen LogP contribution in [0.25, 0.3) is 0 Å². The maximum absolute atomic E-state index is 5.57. The predicted octanol–water partition coefficient (Wildman–Crippen LogP) is 1.11. The smallest absolute Gasteiger partial charge is 0.218 e. The van der Waals surface area contributed by atoms with Crippen molar-refractivity contribution >= 4 is 5.82 Å². The fraction of sp³-hybridized carbons (Fsp3) is 0.600. The summed E-state index contributed by atoms with van der Waals surface area (Å²) in [6.07, 6.45) is 3.32. The SMILES string of the molecule is CCc1nc(NN)cc(OCC2CC2)n1. The molecule has 0 radical (unpaired) electrons. The number of nitrogens with two attached hydrogens (primary N) is 1. The highest BCUT2D eigenvalue weighted by molar-refractivity contribution is 5.36. The molecule has 1 heterocycles. The predicted molar refractivity (Wildman–Crippen MR) is 57.4 cm³/mol. The lowest BCUT2D eigenvalue weighted by Crippen LogP contribution is -2.11. The van der Waals surface area contributed by atoms with Gasteiger partial charge in [0.1, 0.15) is 11.6 Å². The zero-order chi connectivity index (χ0) is 10.7. The molecule has 0 aliphatic heterocycles. The van der Waals surface area contributed by atoms with Crippen molar-refractivity contribution in [3.63, 3.8) is 0 Å². The minimum atomic E-state index is 0.604. The minimum absolute atomic E-state index is 0.604. The summed E-state index contributed by atoms with van der Waals surface area (Å²) in [6, 6.07) is 1.72. The molecule has 1 fully saturated rings. The molecule has 0 bridgehead atoms. The molecular formula is C10H16N4O. The zero-order valence-corrected chi connectivity index (χ0v) is 8.86. The normalized spacial score (nSPS) is 15.1. The Morgan fingerprint density at radius 1 is 1.53 bits per heavy atom. The number of hydrazine groups is 1. The van der Waals surface area contributed by atoms with E-state index in [1.54, 1.807) is 6.07 Å². The summed E-state index contributed by atoms with van der Waals surface area (Å²) in [5, 5.41) is 0. The van der Waals surface area contributed by atoms with E-state index in [9.17, 15) is 0 Å². The summed E-state index contributed by atoms with van der Waals surface area (Å²) in [5.74, 6) is 8.00. The van der Waals surface area contributed by atoms with E-state index in [1.807, 2.05) is 6.92 Å². The highest BCUT2D eigenvalue weighted by atomic mass is 16.5. The molecule has 5 nitrogen and oxygen atoms in total. The lowest BCUT2D eigenvalue weighted by molar-refractivity contribution is 0.287. The van der Waals surface area contributed by atoms with Crippen molar-refractivity contribution < 1.29 is 4.74 Å². The summed E-state index contributed by atoms with van der Waals surface area (Å²) in [4.78, 5) is 8.46. The van der Waals surface area contributed by atoms with Crippen molar-refractivity contribution in [2.45, 2.75) is 26.2 Å². The number of hydrogen-bond donors (Lipinski definition) is 2. The molecule has 15 heavy (non-hydrogen) atoms. The largest absolute Gasteiger partial charge is 0.477 e. The van der Waals surface area contributed by atoms with Gasteiger partial charge in [-0.3, -0.25) is 0 Å². The average Bonchev–Trinajstić information content (AvgIpc) is 3.09. The second-order valence-corrected chi connectivity index (χ2v) is 3.76. The van der Waals surface area contributed by atoms with Crippen molar-refractivity contribution in [2.75, 3.05) is 12.0 Å². The molecule has 0 unspecified atom stereocenters. The van der Waals surface area contributed by atoms with Crippen LogP contribution in [0.1, 0.15) is 25.6 Å². The number of nitrogens with one attached hydrogen (secondary N) is 1. The molecule has 0 aromatic carbocycles. The number of nitrogen functional groups attached to an aromatic ring is 1. The van der Waals surface area contributed by atoms with Crippen LogP contribution in [-0.4, -0.2) is 16.6 Å². The highest BCUT2D eigenvalue weighted by Crippen LogP contribution is 2.29. The van der Waals surface area contributed by atoms with E-state index >= 15 is 0 Å². The molecule has 2 rings (SSSR count). The first-order chi connectivity index (χ1) is 7.31. The molecule has 0 saturated heterocycles. The molecule has 1 aromatic heterocycles. The van der Waals surface area contributed by atoms with Crippen molar-refractivity contribution in [2.24, 2.45) is 11.8 Å². The summed E-state index contributed by atoms with van der Waals surface area (Å²) < 4.78 is 5.57. The molecule has 3 N–H and O–H groups in total. The Kier molecular flexibility index (Phi) is 3.01. The Morgan fingerprint density at radius 3 is 2.93 bits per heavy atom. The van der Waals surface area contributed by atoms with Gasteiger partial charge < -0.3 is 10.2 Å². The molecule has 5 heteroatoms. The van der Waals surface area contributed by atoms with Crippen molar-refractivity contribution in [3.05, 3.63) is 11.9 Å². The Balaban J connectivity index is 2.06. The van der Waals surface area contributed by atoms with Crippen molar-refractivity contribution in [3.8, 4) is 5.88 Å². The second-order valence-electron chi connectivity index (χ2n) is 3.76. The van der Waals surface area contributed by atoms with Crippen LogP contribution in [0.3, 0.4) is 0 Å². The van der Waals surface area contributed by atoms with E-state index < -0.39 is 0 Å². The number of anilines is 1. The van der Waals surface area contributed by atoms with E-state index in [2.05, 4.69) is 15.4 Å². The van der Waals surface area contributed by atoms with Gasteiger partial charge in [0.25, 0.3) is 0 Å². The van der Waals surface area contributed by atoms with Gasteiger partial charge >= 0.3 is 0 Å². The van der Waals surface area contributed by atoms with Gasteiger partial charge in [-0.2, -0.15) is 4.98 Å². The van der Waals surface area contributed by atoms with Crippen LogP contribution in [0.2, 0.25) is 0 Å². The fourth-order valence-electron chi connectivity index (χ4n) is 1.27. The lowest BCUT2D eigenvalue weighted by atomic mass is 10.4. The van der Waals surface area contributed by atoms with Gasteiger partial charge in [-0.25, -0.2) is 10.8 Å². The van der Waals surface area contributed by atoms with Crippen LogP contribution in [0.5, 0.6) is 5.88 Å². The van der Waals surface area contributed by atoms with Crippen molar-refractivity contribution in [1.82, 2.24) is 9.97 Å². The van der Waals surface area contributed by atoms with Gasteiger partial charge in [0.2, 0.25) is 5.88 Å². The van der Waals surface area contributed by atoms with Crippen LogP contribution in [0, 0.1) is 5.92 Å². The molecule has 0 atom stereocenters. The Hall–Kier alpha value is -1.36. The first kappa shape index (κ1) is 10.2. The first-order valence-corrected chi connectivity index (χ1v) is 5.29. The molecule has 0 amide bonds. The van der Waals surface area contributed by atoms with Gasteiger partial charge in [0.15, 0.2) is 0 Å². The topological polar surface area (TPSA) is 73.1 Å². The molecule has 1 aliphatic carbocycles. The summed E-state index contributed by atoms with van der Waals surface area (Å²) in [7, 11) is 0. The van der Waals surface area contributed by atoms with Gasteiger partial charge in [0.05, 0.1) is 6.61 Å². The van der Waals surface area contributed by atoms with Crippen LogP contribution < -0.4 is 16.0 Å². The molecule has 1 aliphatic rings. The van der Waals surface area contributed by atoms with Gasteiger partial charge in [-0.15, -0.1) is 0 Å². The zero-order valence-electron chi connectivity index (χ0n) is 8.86. The number of nitrogens with zero attached hydrogens (tertiary/aromatic N) is 2. The Morgan fingerprint density at radius 2 is 2.33 bits per heavy atom. The number of aromatic nitrogens is 2. The highest BCUT2D eigenvalue weighted by Gasteiger charge is 2.22. The van der Waals surface area contributed by atoms with E-state index in [0.29, 0.717) is 11.7 Å². The summed E-state index contributed by atoms with van der Waals surface area (Å²) >= 11 is 0. The maximum Gasteiger partial charge on any atom is 0.218 e. The van der Waals surface area contributed by atoms with E-state index in [4.69, 9.17) is 10.6 Å². The third-order valence-corrected chi connectivity index (χ3v) is 2.38. The molecule has 0 spiro atoms. The summed E-state index contributed by atoms with van der Waals surface area (Å²) in [6.45, 7) is 2.75. The monoisotopic (exact) mass is 208 g/mol. The number of hydrogen-bond acceptors (Lipinski definition) is 5. The Labute approximate surface area is 89.0 Å². The molecular weight excluding hydrogens is 192 g/mol. The van der Waals surface area contributed by atoms with Gasteiger partial charge in [-0.1, -0.05) is 6.92 Å². The molecule has 1 aromatic rings. The van der Waals surface area contributed by atoms with E-state index in [0.717, 1.165) is 24.8 Å². The standard InChI is InChI=1S/C10H16N4O/c1-2-8-12-9(14-11)5-10(13-8)15-6-7-3-4-7/h5,7H,2-4,6,11H2,1H3,(H,12,13,14). The fourth-order valence-corrected chi connectivity index (χ4v) is 1.27. The third-order valence-electron chi connectivity index (χ3n) is 2.38. The third kappa shape index (κ3) is 2.79. The lowest BCUT2D eigenvalue weighted by Gasteiger charge is -2.07. The second kappa shape index (κ2) is 4.44. The van der Waals surface area contributed by atoms with E-state index in [1.165, 1.54) is 12.8 Å². The summed E-state index contributed by atoms with van der Waals surface area (Å²) in [5.41, 5.74) is 2.51. The molecule has 82 valence electrons. The Bertz CT molecular complexity index is 316. The van der Waals surface area contributed by atoms with Crippen LogP contribution in [-0.2, 0) is 6.42 Å². The van der Waals surface area contributed by atoms with Crippen molar-refractivity contribution in [1.29, 1.82) is 0 Å². The molecule has 1 saturated carbocycles. The van der Waals surface area contributed by atoms with Gasteiger partial charge in [-0.05, 0) is 18.8 Å². The van der Waals surface area contributed by atoms with Gasteiger partial charge in [0, 0.05) is 12.5 Å². The quantitative estimate of drug-likeness (QED) is 0.560. The number of rotatable bonds is 5. The van der Waals surface area contributed by atoms with Crippen LogP contribution in [0.15, 0.2) is 6.07 Å². The minimum Gasteiger partial charge on any atom is -0.477 e.